The first-order chi connectivity index (χ1) is 10.1. The van der Waals surface area contributed by atoms with E-state index in [2.05, 4.69) is 17.3 Å². The number of nitrogens with one attached hydrogen (secondary N) is 1. The Labute approximate surface area is 131 Å². The lowest BCUT2D eigenvalue weighted by Crippen LogP contribution is -2.24. The van der Waals surface area contributed by atoms with E-state index in [1.165, 1.54) is 5.56 Å². The van der Waals surface area contributed by atoms with Gasteiger partial charge in [-0.25, -0.2) is 0 Å². The Balaban J connectivity index is 2.24. The number of aromatic nitrogens is 2. The van der Waals surface area contributed by atoms with E-state index < -0.39 is 0 Å². The van der Waals surface area contributed by atoms with Crippen molar-refractivity contribution in [3.05, 3.63) is 46.7 Å². The van der Waals surface area contributed by atoms with E-state index in [4.69, 9.17) is 16.3 Å². The average molecular weight is 308 g/mol. The maximum absolute atomic E-state index is 6.12. The van der Waals surface area contributed by atoms with Crippen molar-refractivity contribution in [2.45, 2.75) is 25.8 Å². The molecular formula is C16H22ClN3O. The SMILES string of the molecule is CCCNC(Cc1cc(Cl)ccc1OC)c1cnn(C)c1. The van der Waals surface area contributed by atoms with Gasteiger partial charge >= 0.3 is 0 Å². The van der Waals surface area contributed by atoms with Gasteiger partial charge in [0.1, 0.15) is 5.75 Å². The Morgan fingerprint density at radius 1 is 1.43 bits per heavy atom. The number of benzene rings is 1. The molecule has 114 valence electrons. The lowest BCUT2D eigenvalue weighted by atomic mass is 10.0. The molecule has 0 saturated carbocycles. The van der Waals surface area contributed by atoms with Crippen LogP contribution in [-0.2, 0) is 13.5 Å². The van der Waals surface area contributed by atoms with Gasteiger partial charge in [0.15, 0.2) is 0 Å². The Bertz CT molecular complexity index is 583. The molecule has 21 heavy (non-hydrogen) atoms. The average Bonchev–Trinajstić information content (AvgIpc) is 2.90. The number of halogens is 1. The first kappa shape index (κ1) is 15.9. The Morgan fingerprint density at radius 3 is 2.86 bits per heavy atom. The largest absolute Gasteiger partial charge is 0.496 e. The maximum Gasteiger partial charge on any atom is 0.122 e. The van der Waals surface area contributed by atoms with Gasteiger partial charge in [0.2, 0.25) is 0 Å². The fourth-order valence-corrected chi connectivity index (χ4v) is 2.57. The Morgan fingerprint density at radius 2 is 2.24 bits per heavy atom. The summed E-state index contributed by atoms with van der Waals surface area (Å²) in [5.41, 5.74) is 2.27. The maximum atomic E-state index is 6.12. The van der Waals surface area contributed by atoms with Gasteiger partial charge in [0.25, 0.3) is 0 Å². The molecule has 1 N–H and O–H groups in total. The zero-order valence-electron chi connectivity index (χ0n) is 12.8. The van der Waals surface area contributed by atoms with Crippen molar-refractivity contribution in [3.8, 4) is 5.75 Å². The second-order valence-electron chi connectivity index (χ2n) is 5.11. The monoisotopic (exact) mass is 307 g/mol. The molecule has 2 aromatic rings. The summed E-state index contributed by atoms with van der Waals surface area (Å²) in [6.45, 7) is 3.12. The second kappa shape index (κ2) is 7.48. The molecular weight excluding hydrogens is 286 g/mol. The predicted molar refractivity (Wildman–Crippen MR) is 86.0 cm³/mol. The molecule has 0 saturated heterocycles. The van der Waals surface area contributed by atoms with Crippen LogP contribution in [0.25, 0.3) is 0 Å². The number of hydrogen-bond donors (Lipinski definition) is 1. The summed E-state index contributed by atoms with van der Waals surface area (Å²) in [5.74, 6) is 0.867. The number of ether oxygens (including phenoxy) is 1. The van der Waals surface area contributed by atoms with E-state index in [0.29, 0.717) is 0 Å². The lowest BCUT2D eigenvalue weighted by Gasteiger charge is -2.19. The van der Waals surface area contributed by atoms with Crippen molar-refractivity contribution < 1.29 is 4.74 Å². The summed E-state index contributed by atoms with van der Waals surface area (Å²) in [7, 11) is 3.62. The van der Waals surface area contributed by atoms with Gasteiger partial charge < -0.3 is 10.1 Å². The van der Waals surface area contributed by atoms with Crippen LogP contribution >= 0.6 is 11.6 Å². The standard InChI is InChI=1S/C16H22ClN3O/c1-4-7-18-15(13-10-19-20(2)11-13)9-12-8-14(17)5-6-16(12)21-3/h5-6,8,10-11,15,18H,4,7,9H2,1-3H3. The van der Waals surface area contributed by atoms with Crippen LogP contribution in [0.4, 0.5) is 0 Å². The van der Waals surface area contributed by atoms with Crippen LogP contribution in [0.5, 0.6) is 5.75 Å². The molecule has 0 aliphatic heterocycles. The van der Waals surface area contributed by atoms with Gasteiger partial charge in [-0.05, 0) is 43.1 Å². The summed E-state index contributed by atoms with van der Waals surface area (Å²) < 4.78 is 7.26. The third-order valence-electron chi connectivity index (χ3n) is 3.43. The van der Waals surface area contributed by atoms with E-state index >= 15 is 0 Å². The zero-order valence-corrected chi connectivity index (χ0v) is 13.5. The Hall–Kier alpha value is -1.52. The molecule has 0 amide bonds. The predicted octanol–water partition coefficient (Wildman–Crippen LogP) is 3.37. The zero-order chi connectivity index (χ0) is 15.2. The summed E-state index contributed by atoms with van der Waals surface area (Å²) in [6.07, 6.45) is 5.85. The molecule has 0 fully saturated rings. The molecule has 0 spiro atoms. The summed E-state index contributed by atoms with van der Waals surface area (Å²) in [5, 5.41) is 8.56. The van der Waals surface area contributed by atoms with E-state index in [1.807, 2.05) is 42.3 Å². The summed E-state index contributed by atoms with van der Waals surface area (Å²) in [6, 6.07) is 5.93. The fraction of sp³-hybridized carbons (Fsp3) is 0.438. The van der Waals surface area contributed by atoms with Gasteiger partial charge in [0, 0.05) is 29.9 Å². The highest BCUT2D eigenvalue weighted by Gasteiger charge is 2.16. The molecule has 0 bridgehead atoms. The van der Waals surface area contributed by atoms with Gasteiger partial charge in [-0.1, -0.05) is 18.5 Å². The molecule has 0 aliphatic carbocycles. The smallest absolute Gasteiger partial charge is 0.122 e. The van der Waals surface area contributed by atoms with Crippen molar-refractivity contribution >= 4 is 11.6 Å². The number of hydrogen-bond acceptors (Lipinski definition) is 3. The third-order valence-corrected chi connectivity index (χ3v) is 3.67. The normalized spacial score (nSPS) is 12.4. The molecule has 2 rings (SSSR count). The lowest BCUT2D eigenvalue weighted by molar-refractivity contribution is 0.405. The molecule has 4 nitrogen and oxygen atoms in total. The number of rotatable bonds is 7. The highest BCUT2D eigenvalue weighted by molar-refractivity contribution is 6.30. The van der Waals surface area contributed by atoms with Crippen molar-refractivity contribution in [3.63, 3.8) is 0 Å². The minimum Gasteiger partial charge on any atom is -0.496 e. The van der Waals surface area contributed by atoms with Crippen LogP contribution in [0.2, 0.25) is 5.02 Å². The van der Waals surface area contributed by atoms with Gasteiger partial charge in [-0.15, -0.1) is 0 Å². The molecule has 1 heterocycles. The number of methoxy groups -OCH3 is 1. The highest BCUT2D eigenvalue weighted by atomic mass is 35.5. The van der Waals surface area contributed by atoms with Crippen LogP contribution in [-0.4, -0.2) is 23.4 Å². The van der Waals surface area contributed by atoms with Crippen molar-refractivity contribution in [1.29, 1.82) is 0 Å². The molecule has 0 aliphatic rings. The van der Waals surface area contributed by atoms with Gasteiger partial charge in [-0.2, -0.15) is 5.10 Å². The summed E-state index contributed by atoms with van der Waals surface area (Å²) >= 11 is 6.12. The van der Waals surface area contributed by atoms with Gasteiger partial charge in [0.05, 0.1) is 13.3 Å². The minimum atomic E-state index is 0.200. The first-order valence-electron chi connectivity index (χ1n) is 7.18. The summed E-state index contributed by atoms with van der Waals surface area (Å²) in [4.78, 5) is 0. The number of aryl methyl sites for hydroxylation is 1. The van der Waals surface area contributed by atoms with Crippen LogP contribution in [0, 0.1) is 0 Å². The second-order valence-corrected chi connectivity index (χ2v) is 5.55. The molecule has 1 atom stereocenters. The molecule has 5 heteroatoms. The Kier molecular flexibility index (Phi) is 5.65. The molecule has 1 aromatic heterocycles. The molecule has 1 unspecified atom stereocenters. The minimum absolute atomic E-state index is 0.200. The van der Waals surface area contributed by atoms with Crippen molar-refractivity contribution in [2.24, 2.45) is 7.05 Å². The van der Waals surface area contributed by atoms with Crippen molar-refractivity contribution in [2.75, 3.05) is 13.7 Å². The molecule has 0 radical (unpaired) electrons. The van der Waals surface area contributed by atoms with Crippen molar-refractivity contribution in [1.82, 2.24) is 15.1 Å². The first-order valence-corrected chi connectivity index (χ1v) is 7.56. The van der Waals surface area contributed by atoms with Crippen LogP contribution < -0.4 is 10.1 Å². The third kappa shape index (κ3) is 4.22. The number of nitrogens with zero attached hydrogens (tertiary/aromatic N) is 2. The van der Waals surface area contributed by atoms with Gasteiger partial charge in [-0.3, -0.25) is 4.68 Å². The molecule has 1 aromatic carbocycles. The van der Waals surface area contributed by atoms with E-state index in [0.717, 1.165) is 35.7 Å². The topological polar surface area (TPSA) is 39.1 Å². The van der Waals surface area contributed by atoms with Crippen LogP contribution in [0.3, 0.4) is 0 Å². The van der Waals surface area contributed by atoms with Crippen LogP contribution in [0.1, 0.15) is 30.5 Å². The highest BCUT2D eigenvalue weighted by Crippen LogP contribution is 2.27. The fourth-order valence-electron chi connectivity index (χ4n) is 2.37. The van der Waals surface area contributed by atoms with E-state index in [-0.39, 0.29) is 6.04 Å². The van der Waals surface area contributed by atoms with E-state index in [1.54, 1.807) is 7.11 Å². The van der Waals surface area contributed by atoms with E-state index in [9.17, 15) is 0 Å². The van der Waals surface area contributed by atoms with Crippen LogP contribution in [0.15, 0.2) is 30.6 Å². The quantitative estimate of drug-likeness (QED) is 0.852.